The van der Waals surface area contributed by atoms with Crippen LogP contribution in [-0.4, -0.2) is 30.4 Å². The lowest BCUT2D eigenvalue weighted by atomic mass is 9.95. The van der Waals surface area contributed by atoms with Gasteiger partial charge in [0.25, 0.3) is 0 Å². The van der Waals surface area contributed by atoms with Crippen molar-refractivity contribution in [1.82, 2.24) is 5.48 Å². The molecular weight excluding hydrogens is 250 g/mol. The van der Waals surface area contributed by atoms with Gasteiger partial charge in [-0.05, 0) is 40.0 Å². The van der Waals surface area contributed by atoms with Gasteiger partial charge in [0.1, 0.15) is 5.60 Å². The Labute approximate surface area is 113 Å². The number of hydrogen-bond acceptors (Lipinski definition) is 5. The third kappa shape index (κ3) is 5.92. The summed E-state index contributed by atoms with van der Waals surface area (Å²) in [6.07, 6.45) is 1.44. The fourth-order valence-electron chi connectivity index (χ4n) is 1.85. The van der Waals surface area contributed by atoms with Crippen LogP contribution in [0.2, 0.25) is 0 Å². The fraction of sp³-hybridized carbons (Fsp3) is 0.846. The van der Waals surface area contributed by atoms with Gasteiger partial charge in [0, 0.05) is 6.61 Å². The van der Waals surface area contributed by atoms with Gasteiger partial charge in [-0.25, -0.2) is 9.59 Å². The normalized spacial score (nSPS) is 23.6. The molecule has 0 saturated carbocycles. The number of carbonyl (C=O) groups is 2. The van der Waals surface area contributed by atoms with E-state index >= 15 is 0 Å². The van der Waals surface area contributed by atoms with E-state index in [0.29, 0.717) is 19.4 Å². The number of hydrogen-bond donors (Lipinski definition) is 1. The van der Waals surface area contributed by atoms with Crippen LogP contribution in [0.1, 0.15) is 47.0 Å². The Bertz CT molecular complexity index is 323. The van der Waals surface area contributed by atoms with Crippen LogP contribution in [0.25, 0.3) is 0 Å². The molecule has 0 bridgehead atoms. The molecule has 1 aliphatic rings. The molecule has 0 aliphatic carbocycles. The highest BCUT2D eigenvalue weighted by Gasteiger charge is 2.29. The second kappa shape index (κ2) is 6.75. The first-order chi connectivity index (χ1) is 8.81. The Hall–Kier alpha value is -1.30. The first kappa shape index (κ1) is 15.8. The lowest BCUT2D eigenvalue weighted by Crippen LogP contribution is -2.37. The zero-order valence-electron chi connectivity index (χ0n) is 12.0. The number of ether oxygens (including phenoxy) is 2. The highest BCUT2D eigenvalue weighted by atomic mass is 16.7. The zero-order valence-corrected chi connectivity index (χ0v) is 12.0. The van der Waals surface area contributed by atoms with Crippen molar-refractivity contribution in [2.24, 2.45) is 5.92 Å². The molecule has 1 aliphatic heterocycles. The molecule has 0 aromatic rings. The predicted octanol–water partition coefficient (Wildman–Crippen LogP) is 2.17. The summed E-state index contributed by atoms with van der Waals surface area (Å²) in [6.45, 7) is 7.76. The molecule has 1 heterocycles. The highest BCUT2D eigenvalue weighted by Crippen LogP contribution is 2.22. The maximum atomic E-state index is 11.8. The SMILES string of the molecule is CCC1CC(C(=O)ONC(=O)OC(C)(C)C)CCO1. The average Bonchev–Trinajstić information content (AvgIpc) is 2.34. The molecule has 0 spiro atoms. The van der Waals surface area contributed by atoms with Crippen LogP contribution in [0.5, 0.6) is 0 Å². The van der Waals surface area contributed by atoms with Crippen LogP contribution in [0.15, 0.2) is 0 Å². The molecule has 0 radical (unpaired) electrons. The molecule has 1 fully saturated rings. The van der Waals surface area contributed by atoms with E-state index < -0.39 is 17.7 Å². The first-order valence-corrected chi connectivity index (χ1v) is 6.63. The van der Waals surface area contributed by atoms with Crippen molar-refractivity contribution >= 4 is 12.1 Å². The summed E-state index contributed by atoms with van der Waals surface area (Å²) in [5, 5.41) is 0. The Morgan fingerprint density at radius 1 is 1.37 bits per heavy atom. The van der Waals surface area contributed by atoms with Crippen molar-refractivity contribution < 1.29 is 23.9 Å². The summed E-state index contributed by atoms with van der Waals surface area (Å²) in [5.41, 5.74) is 1.40. The van der Waals surface area contributed by atoms with Gasteiger partial charge in [-0.2, -0.15) is 0 Å². The van der Waals surface area contributed by atoms with E-state index in [4.69, 9.17) is 14.3 Å². The molecule has 2 atom stereocenters. The molecule has 1 amide bonds. The summed E-state index contributed by atoms with van der Waals surface area (Å²) in [4.78, 5) is 27.9. The molecule has 6 heteroatoms. The van der Waals surface area contributed by atoms with E-state index in [0.717, 1.165) is 6.42 Å². The first-order valence-electron chi connectivity index (χ1n) is 6.63. The predicted molar refractivity (Wildman–Crippen MR) is 68.2 cm³/mol. The average molecular weight is 273 g/mol. The standard InChI is InChI=1S/C13H23NO5/c1-5-10-8-9(6-7-17-10)11(15)19-14-12(16)18-13(2,3)4/h9-10H,5-8H2,1-4H3,(H,14,16). The van der Waals surface area contributed by atoms with Gasteiger partial charge in [-0.1, -0.05) is 6.92 Å². The van der Waals surface area contributed by atoms with Gasteiger partial charge in [0.15, 0.2) is 0 Å². The molecule has 19 heavy (non-hydrogen) atoms. The van der Waals surface area contributed by atoms with Gasteiger partial charge >= 0.3 is 12.1 Å². The monoisotopic (exact) mass is 273 g/mol. The second-order valence-corrected chi connectivity index (χ2v) is 5.65. The van der Waals surface area contributed by atoms with E-state index in [1.54, 1.807) is 20.8 Å². The quantitative estimate of drug-likeness (QED) is 0.780. The Morgan fingerprint density at radius 3 is 2.63 bits per heavy atom. The van der Waals surface area contributed by atoms with E-state index in [2.05, 4.69) is 0 Å². The van der Waals surface area contributed by atoms with Crippen molar-refractivity contribution in [1.29, 1.82) is 0 Å². The van der Waals surface area contributed by atoms with Crippen LogP contribution in [0.3, 0.4) is 0 Å². The number of nitrogens with one attached hydrogen (secondary N) is 1. The van der Waals surface area contributed by atoms with Crippen LogP contribution < -0.4 is 5.48 Å². The van der Waals surface area contributed by atoms with Crippen LogP contribution in [0, 0.1) is 5.92 Å². The van der Waals surface area contributed by atoms with Gasteiger partial charge in [-0.15, -0.1) is 5.48 Å². The minimum Gasteiger partial charge on any atom is -0.442 e. The largest absolute Gasteiger partial charge is 0.442 e. The summed E-state index contributed by atoms with van der Waals surface area (Å²) in [7, 11) is 0. The summed E-state index contributed by atoms with van der Waals surface area (Å²) in [5.74, 6) is -0.666. The van der Waals surface area contributed by atoms with Crippen molar-refractivity contribution in [3.8, 4) is 0 Å². The maximum Gasteiger partial charge on any atom is 0.441 e. The number of rotatable bonds is 2. The van der Waals surface area contributed by atoms with Gasteiger partial charge in [0.05, 0.1) is 12.0 Å². The maximum absolute atomic E-state index is 11.8. The second-order valence-electron chi connectivity index (χ2n) is 5.65. The van der Waals surface area contributed by atoms with Crippen LogP contribution in [0.4, 0.5) is 4.79 Å². The lowest BCUT2D eigenvalue weighted by molar-refractivity contribution is -0.160. The molecule has 1 rings (SSSR count). The zero-order chi connectivity index (χ0) is 14.5. The molecule has 0 aromatic heterocycles. The topological polar surface area (TPSA) is 73.9 Å². The number of carbonyl (C=O) groups excluding carboxylic acids is 2. The minimum atomic E-state index is -0.764. The van der Waals surface area contributed by atoms with Gasteiger partial charge < -0.3 is 14.3 Å². The fourth-order valence-corrected chi connectivity index (χ4v) is 1.85. The van der Waals surface area contributed by atoms with E-state index in [-0.39, 0.29) is 12.0 Å². The van der Waals surface area contributed by atoms with E-state index in [1.165, 1.54) is 0 Å². The summed E-state index contributed by atoms with van der Waals surface area (Å²) in [6, 6.07) is 0. The minimum absolute atomic E-state index is 0.0906. The molecule has 1 saturated heterocycles. The van der Waals surface area contributed by atoms with Crippen molar-refractivity contribution in [2.75, 3.05) is 6.61 Å². The summed E-state index contributed by atoms with van der Waals surface area (Å²) >= 11 is 0. The molecule has 110 valence electrons. The van der Waals surface area contributed by atoms with Crippen molar-refractivity contribution in [3.63, 3.8) is 0 Å². The highest BCUT2D eigenvalue weighted by molar-refractivity contribution is 5.75. The third-order valence-electron chi connectivity index (χ3n) is 2.79. The third-order valence-corrected chi connectivity index (χ3v) is 2.79. The van der Waals surface area contributed by atoms with Crippen molar-refractivity contribution in [2.45, 2.75) is 58.7 Å². The Morgan fingerprint density at radius 2 is 2.05 bits per heavy atom. The Kier molecular flexibility index (Phi) is 5.60. The Balaban J connectivity index is 2.33. The molecule has 6 nitrogen and oxygen atoms in total. The summed E-state index contributed by atoms with van der Waals surface area (Å²) < 4.78 is 10.4. The number of amides is 1. The number of hydroxylamine groups is 1. The van der Waals surface area contributed by atoms with E-state index in [1.807, 2.05) is 12.4 Å². The molecule has 0 aromatic carbocycles. The van der Waals surface area contributed by atoms with Crippen LogP contribution in [-0.2, 0) is 19.1 Å². The molecule has 2 unspecified atom stereocenters. The van der Waals surface area contributed by atoms with E-state index in [9.17, 15) is 9.59 Å². The van der Waals surface area contributed by atoms with Crippen molar-refractivity contribution in [3.05, 3.63) is 0 Å². The molecular formula is C13H23NO5. The van der Waals surface area contributed by atoms with Crippen LogP contribution >= 0.6 is 0 Å². The lowest BCUT2D eigenvalue weighted by Gasteiger charge is -2.27. The molecule has 1 N–H and O–H groups in total. The smallest absolute Gasteiger partial charge is 0.441 e. The van der Waals surface area contributed by atoms with Gasteiger partial charge in [0.2, 0.25) is 0 Å². The van der Waals surface area contributed by atoms with Gasteiger partial charge in [-0.3, -0.25) is 0 Å².